The van der Waals surface area contributed by atoms with Crippen molar-refractivity contribution < 1.29 is 12.3 Å². The maximum atomic E-state index is 12.5. The van der Waals surface area contributed by atoms with Crippen molar-refractivity contribution >= 4 is 39.1 Å². The molecule has 0 bridgehead atoms. The topological polar surface area (TPSA) is 60.2 Å². The zero-order valence-electron chi connectivity index (χ0n) is 6.09. The van der Waals surface area contributed by atoms with Crippen molar-refractivity contribution in [1.82, 2.24) is 0 Å². The fraction of sp³-hybridized carbons (Fsp3) is 0. The summed E-state index contributed by atoms with van der Waals surface area (Å²) in [5.41, 5.74) is 5.40. The van der Waals surface area contributed by atoms with E-state index in [4.69, 9.17) is 28.9 Å². The van der Waals surface area contributed by atoms with Gasteiger partial charge in [-0.1, -0.05) is 23.2 Å². The zero-order valence-corrected chi connectivity index (χ0v) is 8.42. The minimum absolute atomic E-state index is 0.0550. The van der Waals surface area contributed by atoms with E-state index in [0.717, 1.165) is 12.1 Å². The maximum absolute atomic E-state index is 12.5. The molecule has 0 saturated heterocycles. The molecular weight excluding hydrogens is 240 g/mol. The number of anilines is 1. The summed E-state index contributed by atoms with van der Waals surface area (Å²) in [6.07, 6.45) is 0. The van der Waals surface area contributed by atoms with Crippen molar-refractivity contribution in [2.45, 2.75) is 4.90 Å². The molecule has 2 N–H and O–H groups in total. The zero-order chi connectivity index (χ0) is 10.2. The molecule has 0 unspecified atom stereocenters. The fourth-order valence-electron chi connectivity index (χ4n) is 0.731. The van der Waals surface area contributed by atoms with Gasteiger partial charge < -0.3 is 5.73 Å². The first-order valence-corrected chi connectivity index (χ1v) is 5.15. The Morgan fingerprint density at radius 2 is 1.77 bits per heavy atom. The molecule has 1 rings (SSSR count). The highest BCUT2D eigenvalue weighted by Crippen LogP contribution is 2.30. The SMILES string of the molecule is Nc1cc(Cl)c(S(=O)(=O)F)cc1Cl. The summed E-state index contributed by atoms with van der Waals surface area (Å²) in [7, 11) is -4.84. The van der Waals surface area contributed by atoms with Gasteiger partial charge in [0.15, 0.2) is 0 Å². The number of nitrogen functional groups attached to an aromatic ring is 1. The molecule has 0 aliphatic heterocycles. The lowest BCUT2D eigenvalue weighted by Crippen LogP contribution is -1.95. The van der Waals surface area contributed by atoms with Crippen LogP contribution in [0.3, 0.4) is 0 Å². The Kier molecular flexibility index (Phi) is 2.70. The second kappa shape index (κ2) is 3.32. The summed E-state index contributed by atoms with van der Waals surface area (Å²) in [5.74, 6) is 0. The third-order valence-electron chi connectivity index (χ3n) is 1.31. The lowest BCUT2D eigenvalue weighted by Gasteiger charge is -2.02. The number of nitrogens with two attached hydrogens (primary N) is 1. The molecule has 0 aromatic heterocycles. The van der Waals surface area contributed by atoms with Crippen LogP contribution >= 0.6 is 23.2 Å². The van der Waals surface area contributed by atoms with Gasteiger partial charge >= 0.3 is 10.2 Å². The van der Waals surface area contributed by atoms with Gasteiger partial charge in [0.1, 0.15) is 4.90 Å². The summed E-state index contributed by atoms with van der Waals surface area (Å²) in [4.78, 5) is -0.673. The third-order valence-corrected chi connectivity index (χ3v) is 2.93. The Bertz CT molecular complexity index is 446. The van der Waals surface area contributed by atoms with Crippen LogP contribution in [0.5, 0.6) is 0 Å². The first-order chi connectivity index (χ1) is 5.82. The Morgan fingerprint density at radius 3 is 2.23 bits per heavy atom. The minimum atomic E-state index is -4.84. The van der Waals surface area contributed by atoms with Crippen LogP contribution in [0.4, 0.5) is 9.57 Å². The van der Waals surface area contributed by atoms with Gasteiger partial charge in [-0.15, -0.1) is 3.89 Å². The molecule has 1 aromatic rings. The lowest BCUT2D eigenvalue weighted by atomic mass is 10.3. The molecule has 0 fully saturated rings. The van der Waals surface area contributed by atoms with Gasteiger partial charge in [0, 0.05) is 0 Å². The number of rotatable bonds is 1. The summed E-state index contributed by atoms with van der Waals surface area (Å²) in [5, 5.41) is -0.343. The summed E-state index contributed by atoms with van der Waals surface area (Å²) in [6, 6.07) is 1.95. The molecule has 3 nitrogen and oxygen atoms in total. The Morgan fingerprint density at radius 1 is 1.23 bits per heavy atom. The summed E-state index contributed by atoms with van der Waals surface area (Å²) < 4.78 is 33.4. The Labute approximate surface area is 84.5 Å². The fourth-order valence-corrected chi connectivity index (χ4v) is 1.96. The minimum Gasteiger partial charge on any atom is -0.397 e. The molecule has 72 valence electrons. The number of hydrogen-bond acceptors (Lipinski definition) is 3. The van der Waals surface area contributed by atoms with Crippen molar-refractivity contribution in [1.29, 1.82) is 0 Å². The van der Waals surface area contributed by atoms with Crippen LogP contribution in [-0.4, -0.2) is 8.42 Å². The van der Waals surface area contributed by atoms with Crippen molar-refractivity contribution in [3.05, 3.63) is 22.2 Å². The van der Waals surface area contributed by atoms with E-state index in [1.54, 1.807) is 0 Å². The van der Waals surface area contributed by atoms with Crippen molar-refractivity contribution in [3.8, 4) is 0 Å². The van der Waals surface area contributed by atoms with Crippen LogP contribution in [0.1, 0.15) is 0 Å². The van der Waals surface area contributed by atoms with Gasteiger partial charge in [0.05, 0.1) is 15.7 Å². The maximum Gasteiger partial charge on any atom is 0.333 e. The van der Waals surface area contributed by atoms with Crippen LogP contribution in [-0.2, 0) is 10.2 Å². The average Bonchev–Trinajstić information content (AvgIpc) is 1.94. The van der Waals surface area contributed by atoms with E-state index in [1.807, 2.05) is 0 Å². The second-order valence-corrected chi connectivity index (χ2v) is 4.37. The quantitative estimate of drug-likeness (QED) is 0.608. The normalized spacial score (nSPS) is 11.6. The molecule has 0 atom stereocenters. The van der Waals surface area contributed by atoms with Gasteiger partial charge in [-0.25, -0.2) is 0 Å². The van der Waals surface area contributed by atoms with Gasteiger partial charge in [0.25, 0.3) is 0 Å². The van der Waals surface area contributed by atoms with E-state index >= 15 is 0 Å². The molecule has 13 heavy (non-hydrogen) atoms. The smallest absolute Gasteiger partial charge is 0.333 e. The lowest BCUT2D eigenvalue weighted by molar-refractivity contribution is 0.552. The molecule has 0 heterocycles. The van der Waals surface area contributed by atoms with Crippen molar-refractivity contribution in [2.75, 3.05) is 5.73 Å². The van der Waals surface area contributed by atoms with Crippen LogP contribution in [0.2, 0.25) is 10.0 Å². The number of benzene rings is 1. The van der Waals surface area contributed by atoms with E-state index in [2.05, 4.69) is 0 Å². The predicted molar refractivity (Wildman–Crippen MR) is 49.2 cm³/mol. The highest BCUT2D eigenvalue weighted by atomic mass is 35.5. The first kappa shape index (κ1) is 10.6. The monoisotopic (exact) mass is 243 g/mol. The highest BCUT2D eigenvalue weighted by molar-refractivity contribution is 7.86. The van der Waals surface area contributed by atoms with Crippen LogP contribution in [0.15, 0.2) is 17.0 Å². The molecule has 7 heteroatoms. The van der Waals surface area contributed by atoms with E-state index in [9.17, 15) is 12.3 Å². The van der Waals surface area contributed by atoms with Gasteiger partial charge in [-0.05, 0) is 12.1 Å². The molecule has 0 aliphatic carbocycles. The Balaban J connectivity index is 3.50. The molecular formula is C6H4Cl2FNO2S. The van der Waals surface area contributed by atoms with Gasteiger partial charge in [0.2, 0.25) is 0 Å². The van der Waals surface area contributed by atoms with Crippen molar-refractivity contribution in [2.24, 2.45) is 0 Å². The number of hydrogen-bond donors (Lipinski definition) is 1. The van der Waals surface area contributed by atoms with Crippen LogP contribution in [0.25, 0.3) is 0 Å². The standard InChI is InChI=1S/C6H4Cl2FNO2S/c7-3-2-6(13(9,11)12)4(8)1-5(3)10/h1-2H,10H2. The first-order valence-electron chi connectivity index (χ1n) is 3.01. The second-order valence-electron chi connectivity index (χ2n) is 2.24. The summed E-state index contributed by atoms with van der Waals surface area (Å²) >= 11 is 10.9. The molecule has 0 amide bonds. The van der Waals surface area contributed by atoms with Gasteiger partial charge in [-0.3, -0.25) is 0 Å². The van der Waals surface area contributed by atoms with Crippen molar-refractivity contribution in [3.63, 3.8) is 0 Å². The number of halogens is 3. The van der Waals surface area contributed by atoms with Crippen LogP contribution in [0, 0.1) is 0 Å². The molecule has 1 aromatic carbocycles. The van der Waals surface area contributed by atoms with E-state index in [0.29, 0.717) is 0 Å². The molecule has 0 aliphatic rings. The average molecular weight is 244 g/mol. The third kappa shape index (κ3) is 2.24. The molecule has 0 spiro atoms. The van der Waals surface area contributed by atoms with Crippen LogP contribution < -0.4 is 5.73 Å². The highest BCUT2D eigenvalue weighted by Gasteiger charge is 2.18. The largest absolute Gasteiger partial charge is 0.397 e. The van der Waals surface area contributed by atoms with E-state index in [-0.39, 0.29) is 15.7 Å². The van der Waals surface area contributed by atoms with Gasteiger partial charge in [-0.2, -0.15) is 8.42 Å². The van der Waals surface area contributed by atoms with E-state index in [1.165, 1.54) is 0 Å². The predicted octanol–water partition coefficient (Wildman–Crippen LogP) is 2.23. The Hall–Kier alpha value is -0.520. The molecule has 0 radical (unpaired) electrons. The van der Waals surface area contributed by atoms with E-state index < -0.39 is 15.1 Å². The molecule has 0 saturated carbocycles. The summed E-state index contributed by atoms with van der Waals surface area (Å²) in [6.45, 7) is 0.